The molecule has 0 spiro atoms. The van der Waals surface area contributed by atoms with Crippen LogP contribution in [0, 0.1) is 6.92 Å². The van der Waals surface area contributed by atoms with E-state index in [1.807, 2.05) is 14.0 Å². The fraction of sp³-hybridized carbons (Fsp3) is 0.308. The number of nitrogens with two attached hydrogens (primary N) is 1. The van der Waals surface area contributed by atoms with Gasteiger partial charge in [0.05, 0.1) is 11.9 Å². The van der Waals surface area contributed by atoms with Crippen LogP contribution in [-0.2, 0) is 23.6 Å². The van der Waals surface area contributed by atoms with Crippen molar-refractivity contribution >= 4 is 21.4 Å². The number of hydrogen-bond donors (Lipinski definition) is 3. The molecule has 1 heterocycles. The second-order valence-corrected chi connectivity index (χ2v) is 6.55. The maximum absolute atomic E-state index is 11.7. The molecule has 0 radical (unpaired) electrons. The van der Waals surface area contributed by atoms with Crippen molar-refractivity contribution in [3.63, 3.8) is 0 Å². The molecule has 0 saturated heterocycles. The molecule has 0 aliphatic carbocycles. The Balaban J connectivity index is 2.16. The first kappa shape index (κ1) is 15.3. The van der Waals surface area contributed by atoms with Crippen molar-refractivity contribution in [3.8, 4) is 0 Å². The maximum Gasteiger partial charge on any atom is 0.242 e. The monoisotopic (exact) mass is 309 g/mol. The van der Waals surface area contributed by atoms with E-state index in [0.717, 1.165) is 16.9 Å². The van der Waals surface area contributed by atoms with Gasteiger partial charge in [0.15, 0.2) is 0 Å². The fourth-order valence-electron chi connectivity index (χ4n) is 1.93. The molecule has 2 aromatic rings. The molecule has 8 heteroatoms. The molecule has 1 aromatic carbocycles. The van der Waals surface area contributed by atoms with Gasteiger partial charge in [-0.1, -0.05) is 0 Å². The van der Waals surface area contributed by atoms with Crippen LogP contribution in [0.15, 0.2) is 29.3 Å². The molecule has 0 aliphatic heterocycles. The molecule has 1 aromatic heterocycles. The summed E-state index contributed by atoms with van der Waals surface area (Å²) in [7, 11) is -0.296. The number of nitrogen functional groups attached to an aromatic ring is 1. The predicted molar refractivity (Wildman–Crippen MR) is 82.4 cm³/mol. The summed E-state index contributed by atoms with van der Waals surface area (Å²) in [4.78, 5) is 0.0770. The van der Waals surface area contributed by atoms with Crippen LogP contribution in [0.25, 0.3) is 0 Å². The first-order valence-corrected chi connectivity index (χ1v) is 7.88. The van der Waals surface area contributed by atoms with Crippen molar-refractivity contribution < 1.29 is 8.42 Å². The summed E-state index contributed by atoms with van der Waals surface area (Å²) in [6.45, 7) is 2.58. The van der Waals surface area contributed by atoms with Gasteiger partial charge in [-0.3, -0.25) is 4.68 Å². The van der Waals surface area contributed by atoms with Crippen LogP contribution in [0.5, 0.6) is 0 Å². The Bertz CT molecular complexity index is 752. The van der Waals surface area contributed by atoms with Gasteiger partial charge >= 0.3 is 0 Å². The number of benzene rings is 1. The van der Waals surface area contributed by atoms with Crippen molar-refractivity contribution in [2.45, 2.75) is 18.4 Å². The first-order chi connectivity index (χ1) is 9.85. The van der Waals surface area contributed by atoms with Crippen LogP contribution < -0.4 is 15.8 Å². The quantitative estimate of drug-likeness (QED) is 0.710. The Morgan fingerprint density at radius 2 is 2.10 bits per heavy atom. The maximum atomic E-state index is 11.7. The molecule has 7 nitrogen and oxygen atoms in total. The molecular formula is C13H19N5O2S. The first-order valence-electron chi connectivity index (χ1n) is 6.39. The van der Waals surface area contributed by atoms with E-state index < -0.39 is 10.0 Å². The smallest absolute Gasteiger partial charge is 0.242 e. The molecule has 0 fully saturated rings. The van der Waals surface area contributed by atoms with Gasteiger partial charge in [-0.2, -0.15) is 5.10 Å². The lowest BCUT2D eigenvalue weighted by molar-refractivity contribution is 0.588. The van der Waals surface area contributed by atoms with Crippen molar-refractivity contribution in [2.24, 2.45) is 7.05 Å². The van der Waals surface area contributed by atoms with Gasteiger partial charge in [-0.15, -0.1) is 0 Å². The zero-order valence-corrected chi connectivity index (χ0v) is 13.0. The number of sulfonamides is 1. The largest absolute Gasteiger partial charge is 0.398 e. The minimum atomic E-state index is -3.53. The van der Waals surface area contributed by atoms with E-state index in [0.29, 0.717) is 6.54 Å². The molecule has 114 valence electrons. The average Bonchev–Trinajstić information content (AvgIpc) is 2.76. The minimum absolute atomic E-state index is 0.0770. The third-order valence-electron chi connectivity index (χ3n) is 3.39. The summed E-state index contributed by atoms with van der Waals surface area (Å²) >= 11 is 0. The van der Waals surface area contributed by atoms with Gasteiger partial charge in [0.25, 0.3) is 0 Å². The van der Waals surface area contributed by atoms with Gasteiger partial charge in [-0.05, 0) is 32.2 Å². The van der Waals surface area contributed by atoms with E-state index >= 15 is 0 Å². The van der Waals surface area contributed by atoms with E-state index in [-0.39, 0.29) is 10.6 Å². The number of aryl methyl sites for hydroxylation is 1. The number of hydrogen-bond acceptors (Lipinski definition) is 5. The van der Waals surface area contributed by atoms with Crippen LogP contribution in [0.3, 0.4) is 0 Å². The lowest BCUT2D eigenvalue weighted by Gasteiger charge is -2.10. The molecule has 0 atom stereocenters. The molecule has 4 N–H and O–H groups in total. The van der Waals surface area contributed by atoms with Crippen LogP contribution in [0.4, 0.5) is 11.4 Å². The van der Waals surface area contributed by atoms with E-state index in [1.54, 1.807) is 23.0 Å². The predicted octanol–water partition coefficient (Wildman–Crippen LogP) is 0.831. The van der Waals surface area contributed by atoms with Crippen molar-refractivity contribution in [1.82, 2.24) is 14.5 Å². The normalized spacial score (nSPS) is 11.6. The summed E-state index contributed by atoms with van der Waals surface area (Å²) in [5, 5.41) is 7.37. The van der Waals surface area contributed by atoms with Crippen molar-refractivity contribution in [1.29, 1.82) is 0 Å². The lowest BCUT2D eigenvalue weighted by Crippen LogP contribution is -2.20. The van der Waals surface area contributed by atoms with Crippen molar-refractivity contribution in [3.05, 3.63) is 35.7 Å². The Labute approximate surface area is 124 Å². The van der Waals surface area contributed by atoms with E-state index in [1.165, 1.54) is 13.1 Å². The van der Waals surface area contributed by atoms with Gasteiger partial charge in [0.1, 0.15) is 4.90 Å². The second kappa shape index (κ2) is 5.74. The van der Waals surface area contributed by atoms with E-state index in [2.05, 4.69) is 15.1 Å². The fourth-order valence-corrected chi connectivity index (χ4v) is 2.76. The highest BCUT2D eigenvalue weighted by atomic mass is 32.2. The SMILES string of the molecule is CNS(=O)(=O)c1ccc(NCc2cnn(C)c2C)cc1N. The third-order valence-corrected chi connectivity index (χ3v) is 4.88. The zero-order chi connectivity index (χ0) is 15.6. The number of nitrogens with one attached hydrogen (secondary N) is 2. The lowest BCUT2D eigenvalue weighted by atomic mass is 10.2. The standard InChI is InChI=1S/C13H19N5O2S/c1-9-10(8-17-18(9)3)7-16-11-4-5-13(12(14)6-11)21(19,20)15-2/h4-6,8,15-16H,7,14H2,1-3H3. The zero-order valence-electron chi connectivity index (χ0n) is 12.2. The molecule has 21 heavy (non-hydrogen) atoms. The molecule has 0 saturated carbocycles. The van der Waals surface area contributed by atoms with Crippen LogP contribution in [0.2, 0.25) is 0 Å². The summed E-state index contributed by atoms with van der Waals surface area (Å²) in [6, 6.07) is 4.78. The van der Waals surface area contributed by atoms with E-state index in [9.17, 15) is 8.42 Å². The molecule has 2 rings (SSSR count). The van der Waals surface area contributed by atoms with Crippen molar-refractivity contribution in [2.75, 3.05) is 18.1 Å². The van der Waals surface area contributed by atoms with Gasteiger partial charge in [0.2, 0.25) is 10.0 Å². The Morgan fingerprint density at radius 3 is 2.62 bits per heavy atom. The highest BCUT2D eigenvalue weighted by Gasteiger charge is 2.15. The van der Waals surface area contributed by atoms with Crippen LogP contribution >= 0.6 is 0 Å². The van der Waals surface area contributed by atoms with Gasteiger partial charge in [-0.25, -0.2) is 13.1 Å². The number of nitrogens with zero attached hydrogens (tertiary/aromatic N) is 2. The molecular weight excluding hydrogens is 290 g/mol. The third kappa shape index (κ3) is 3.17. The number of aromatic nitrogens is 2. The highest BCUT2D eigenvalue weighted by molar-refractivity contribution is 7.89. The summed E-state index contributed by atoms with van der Waals surface area (Å²) in [5.74, 6) is 0. The Hall–Kier alpha value is -2.06. The van der Waals surface area contributed by atoms with Gasteiger partial charge < -0.3 is 11.1 Å². The minimum Gasteiger partial charge on any atom is -0.398 e. The summed E-state index contributed by atoms with van der Waals surface area (Å²) < 4.78 is 27.5. The van der Waals surface area contributed by atoms with E-state index in [4.69, 9.17) is 5.73 Å². The average molecular weight is 309 g/mol. The summed E-state index contributed by atoms with van der Waals surface area (Å²) in [6.07, 6.45) is 1.80. The topological polar surface area (TPSA) is 102 Å². The summed E-state index contributed by atoms with van der Waals surface area (Å²) in [5.41, 5.74) is 8.92. The molecule has 0 aliphatic rings. The Kier molecular flexibility index (Phi) is 4.19. The van der Waals surface area contributed by atoms with Crippen LogP contribution in [0.1, 0.15) is 11.3 Å². The molecule has 0 unspecified atom stereocenters. The number of rotatable bonds is 5. The molecule has 0 bridgehead atoms. The highest BCUT2D eigenvalue weighted by Crippen LogP contribution is 2.22. The van der Waals surface area contributed by atoms with Crippen LogP contribution in [-0.4, -0.2) is 25.2 Å². The molecule has 0 amide bonds. The number of anilines is 2. The van der Waals surface area contributed by atoms with Gasteiger partial charge in [0, 0.05) is 30.5 Å². The second-order valence-electron chi connectivity index (χ2n) is 4.69. The Morgan fingerprint density at radius 1 is 1.38 bits per heavy atom.